The van der Waals surface area contributed by atoms with E-state index in [2.05, 4.69) is 29.5 Å². The Morgan fingerprint density at radius 3 is 2.93 bits per heavy atom. The number of pyridine rings is 1. The predicted octanol–water partition coefficient (Wildman–Crippen LogP) is 2.41. The van der Waals surface area contributed by atoms with E-state index < -0.39 is 0 Å². The average molecular weight is 414 g/mol. The van der Waals surface area contributed by atoms with Crippen LogP contribution in [-0.2, 0) is 13.1 Å². The van der Waals surface area contributed by atoms with Crippen LogP contribution in [0.25, 0.3) is 4.96 Å². The van der Waals surface area contributed by atoms with Gasteiger partial charge in [0.15, 0.2) is 4.96 Å². The standard InChI is InChI=1S/C21H27N5O2S/c1-13-6-8-25(11-16-5-4-7-22-9-16)20(28)18(13)19(27)23-10-17-12-26-14(2)15(3)29-21(26)24-17/h6,8,12,16,22H,4-5,7,9-11H2,1-3H3,(H,23,27). The molecule has 0 aromatic carbocycles. The smallest absolute Gasteiger partial charge is 0.263 e. The molecular formula is C21H27N5O2S. The van der Waals surface area contributed by atoms with Crippen molar-refractivity contribution in [3.63, 3.8) is 0 Å². The quantitative estimate of drug-likeness (QED) is 0.673. The Bertz CT molecular complexity index is 1100. The van der Waals surface area contributed by atoms with E-state index in [0.29, 0.717) is 24.6 Å². The zero-order chi connectivity index (χ0) is 20.5. The van der Waals surface area contributed by atoms with E-state index >= 15 is 0 Å². The van der Waals surface area contributed by atoms with E-state index in [1.807, 2.05) is 23.6 Å². The number of nitrogens with one attached hydrogen (secondary N) is 2. The molecule has 0 radical (unpaired) electrons. The van der Waals surface area contributed by atoms with Crippen LogP contribution in [0.4, 0.5) is 0 Å². The minimum Gasteiger partial charge on any atom is -0.346 e. The number of imidazole rings is 1. The summed E-state index contributed by atoms with van der Waals surface area (Å²) in [5.41, 5.74) is 2.65. The topological polar surface area (TPSA) is 80.4 Å². The van der Waals surface area contributed by atoms with Crippen LogP contribution in [0.5, 0.6) is 0 Å². The molecule has 1 saturated heterocycles. The zero-order valence-corrected chi connectivity index (χ0v) is 17.9. The van der Waals surface area contributed by atoms with Crippen molar-refractivity contribution in [3.05, 3.63) is 56.2 Å². The molecule has 4 heterocycles. The summed E-state index contributed by atoms with van der Waals surface area (Å²) >= 11 is 1.63. The summed E-state index contributed by atoms with van der Waals surface area (Å²) < 4.78 is 3.72. The first kappa shape index (κ1) is 19.8. The highest BCUT2D eigenvalue weighted by Gasteiger charge is 2.19. The lowest BCUT2D eigenvalue weighted by molar-refractivity contribution is 0.0947. The number of amides is 1. The maximum absolute atomic E-state index is 13.0. The minimum atomic E-state index is -0.340. The lowest BCUT2D eigenvalue weighted by Crippen LogP contribution is -2.37. The predicted molar refractivity (Wildman–Crippen MR) is 115 cm³/mol. The van der Waals surface area contributed by atoms with Crippen LogP contribution in [0.15, 0.2) is 23.3 Å². The maximum atomic E-state index is 13.0. The number of carbonyl (C=O) groups is 1. The van der Waals surface area contributed by atoms with Crippen molar-refractivity contribution in [1.82, 2.24) is 24.6 Å². The third kappa shape index (κ3) is 4.00. The Labute approximate surface area is 173 Å². The molecule has 8 heteroatoms. The van der Waals surface area contributed by atoms with Gasteiger partial charge in [-0.15, -0.1) is 11.3 Å². The number of aromatic nitrogens is 3. The number of fused-ring (bicyclic) bond motifs is 1. The molecule has 1 unspecified atom stereocenters. The van der Waals surface area contributed by atoms with E-state index in [-0.39, 0.29) is 17.0 Å². The first-order valence-electron chi connectivity index (χ1n) is 10.1. The van der Waals surface area contributed by atoms with E-state index in [1.54, 1.807) is 22.1 Å². The fraction of sp³-hybridized carbons (Fsp3) is 0.476. The summed E-state index contributed by atoms with van der Waals surface area (Å²) in [7, 11) is 0. The molecule has 2 N–H and O–H groups in total. The van der Waals surface area contributed by atoms with Crippen LogP contribution in [0.2, 0.25) is 0 Å². The maximum Gasteiger partial charge on any atom is 0.263 e. The number of hydrogen-bond donors (Lipinski definition) is 2. The lowest BCUT2D eigenvalue weighted by Gasteiger charge is -2.23. The van der Waals surface area contributed by atoms with Crippen molar-refractivity contribution < 1.29 is 4.79 Å². The summed E-state index contributed by atoms with van der Waals surface area (Å²) in [5, 5.41) is 6.25. The molecule has 154 valence electrons. The minimum absolute atomic E-state index is 0.217. The molecule has 3 aromatic heterocycles. The molecule has 0 saturated carbocycles. The normalized spacial score (nSPS) is 17.0. The lowest BCUT2D eigenvalue weighted by atomic mass is 9.99. The average Bonchev–Trinajstić information content (AvgIpc) is 3.22. The Hall–Kier alpha value is -2.45. The fourth-order valence-corrected chi connectivity index (χ4v) is 4.86. The highest BCUT2D eigenvalue weighted by molar-refractivity contribution is 7.17. The molecule has 4 rings (SSSR count). The van der Waals surface area contributed by atoms with Gasteiger partial charge >= 0.3 is 0 Å². The second-order valence-corrected chi connectivity index (χ2v) is 9.04. The van der Waals surface area contributed by atoms with Crippen molar-refractivity contribution in [2.75, 3.05) is 13.1 Å². The Morgan fingerprint density at radius 2 is 2.21 bits per heavy atom. The Balaban J connectivity index is 1.49. The van der Waals surface area contributed by atoms with Crippen LogP contribution in [0.3, 0.4) is 0 Å². The summed E-state index contributed by atoms with van der Waals surface area (Å²) in [5.74, 6) is 0.0816. The molecule has 0 bridgehead atoms. The summed E-state index contributed by atoms with van der Waals surface area (Å²) in [4.78, 5) is 32.5. The highest BCUT2D eigenvalue weighted by atomic mass is 32.1. The number of aryl methyl sites for hydroxylation is 3. The third-order valence-electron chi connectivity index (χ3n) is 5.72. The molecule has 0 aliphatic carbocycles. The van der Waals surface area contributed by atoms with Gasteiger partial charge in [-0.25, -0.2) is 4.98 Å². The summed E-state index contributed by atoms with van der Waals surface area (Å²) in [6.45, 7) is 8.83. The first-order chi connectivity index (χ1) is 13.9. The Kier molecular flexibility index (Phi) is 5.56. The summed E-state index contributed by atoms with van der Waals surface area (Å²) in [6, 6.07) is 1.85. The molecule has 7 nitrogen and oxygen atoms in total. The number of hydrogen-bond acceptors (Lipinski definition) is 5. The number of thiazole rings is 1. The highest BCUT2D eigenvalue weighted by Crippen LogP contribution is 2.21. The van der Waals surface area contributed by atoms with Crippen LogP contribution in [-0.4, -0.2) is 32.9 Å². The number of piperidine rings is 1. The van der Waals surface area contributed by atoms with Gasteiger partial charge in [0.05, 0.1) is 12.2 Å². The van der Waals surface area contributed by atoms with Gasteiger partial charge in [-0.3, -0.25) is 14.0 Å². The zero-order valence-electron chi connectivity index (χ0n) is 17.1. The first-order valence-corrected chi connectivity index (χ1v) is 10.9. The van der Waals surface area contributed by atoms with Crippen LogP contribution in [0, 0.1) is 26.7 Å². The largest absolute Gasteiger partial charge is 0.346 e. The van der Waals surface area contributed by atoms with Gasteiger partial charge in [-0.1, -0.05) is 0 Å². The summed E-state index contributed by atoms with van der Waals surface area (Å²) in [6.07, 6.45) is 5.98. The van der Waals surface area contributed by atoms with Crippen molar-refractivity contribution in [1.29, 1.82) is 0 Å². The van der Waals surface area contributed by atoms with Crippen molar-refractivity contribution in [2.45, 2.75) is 46.7 Å². The van der Waals surface area contributed by atoms with Crippen LogP contribution in [0.1, 0.15) is 45.0 Å². The fourth-order valence-electron chi connectivity index (χ4n) is 3.89. The molecule has 1 atom stereocenters. The Morgan fingerprint density at radius 1 is 1.38 bits per heavy atom. The molecule has 3 aromatic rings. The number of nitrogens with zero attached hydrogens (tertiary/aromatic N) is 3. The van der Waals surface area contributed by atoms with Gasteiger partial charge in [0.2, 0.25) is 0 Å². The molecule has 1 fully saturated rings. The second-order valence-electron chi connectivity index (χ2n) is 7.85. The third-order valence-corrected chi connectivity index (χ3v) is 6.80. The molecule has 1 amide bonds. The van der Waals surface area contributed by atoms with E-state index in [1.165, 1.54) is 4.88 Å². The van der Waals surface area contributed by atoms with Gasteiger partial charge < -0.3 is 15.2 Å². The molecule has 1 aliphatic heterocycles. The van der Waals surface area contributed by atoms with Crippen LogP contribution >= 0.6 is 11.3 Å². The monoisotopic (exact) mass is 413 g/mol. The molecule has 0 spiro atoms. The molecule has 29 heavy (non-hydrogen) atoms. The number of carbonyl (C=O) groups excluding carboxylic acids is 1. The van der Waals surface area contributed by atoms with Gasteiger partial charge in [-0.2, -0.15) is 0 Å². The van der Waals surface area contributed by atoms with Gasteiger partial charge in [0.1, 0.15) is 5.56 Å². The van der Waals surface area contributed by atoms with E-state index in [0.717, 1.165) is 42.3 Å². The van der Waals surface area contributed by atoms with Gasteiger partial charge in [0, 0.05) is 29.5 Å². The van der Waals surface area contributed by atoms with Crippen molar-refractivity contribution >= 4 is 22.2 Å². The van der Waals surface area contributed by atoms with Crippen molar-refractivity contribution in [2.24, 2.45) is 5.92 Å². The van der Waals surface area contributed by atoms with E-state index in [4.69, 9.17) is 0 Å². The van der Waals surface area contributed by atoms with E-state index in [9.17, 15) is 9.59 Å². The van der Waals surface area contributed by atoms with Crippen molar-refractivity contribution in [3.8, 4) is 0 Å². The second kappa shape index (κ2) is 8.12. The molecule has 1 aliphatic rings. The SMILES string of the molecule is Cc1ccn(CC2CCCNC2)c(=O)c1C(=O)NCc1cn2c(C)c(C)sc2n1. The number of rotatable bonds is 5. The van der Waals surface area contributed by atoms with Crippen LogP contribution < -0.4 is 16.2 Å². The van der Waals surface area contributed by atoms with Gasteiger partial charge in [-0.05, 0) is 64.3 Å². The molecular weight excluding hydrogens is 386 g/mol. The van der Waals surface area contributed by atoms with Gasteiger partial charge in [0.25, 0.3) is 11.5 Å².